The summed E-state index contributed by atoms with van der Waals surface area (Å²) in [6.45, 7) is 0. The topological polar surface area (TPSA) is 20.3 Å². The number of nitrogens with zero attached hydrogens (tertiary/aromatic N) is 1. The number of thiocarbonyl (C=S) groups is 1. The number of carbonyl (C=O) groups is 1. The van der Waals surface area contributed by atoms with Crippen LogP contribution in [0.5, 0.6) is 0 Å². The molecular weight excluding hydrogens is 234 g/mol. The van der Waals surface area contributed by atoms with Crippen molar-refractivity contribution in [1.82, 2.24) is 4.90 Å². The van der Waals surface area contributed by atoms with E-state index >= 15 is 0 Å². The highest BCUT2D eigenvalue weighted by molar-refractivity contribution is 8.26. The fraction of sp³-hybridized carbons (Fsp3) is 0.111. The van der Waals surface area contributed by atoms with Gasteiger partial charge in [0.15, 0.2) is 0 Å². The Morgan fingerprint density at radius 2 is 2.36 bits per heavy atom. The smallest absolute Gasteiger partial charge is 0.265 e. The van der Waals surface area contributed by atoms with E-state index in [1.54, 1.807) is 18.4 Å². The lowest BCUT2D eigenvalue weighted by Crippen LogP contribution is -2.22. The Morgan fingerprint density at radius 3 is 2.86 bits per heavy atom. The van der Waals surface area contributed by atoms with Crippen molar-refractivity contribution in [2.75, 3.05) is 7.05 Å². The zero-order valence-corrected chi connectivity index (χ0v) is 9.84. The molecule has 1 amide bonds. The molecule has 0 saturated carbocycles. The first kappa shape index (κ1) is 9.89. The molecule has 1 fully saturated rings. The summed E-state index contributed by atoms with van der Waals surface area (Å²) in [4.78, 5) is 14.9. The van der Waals surface area contributed by atoms with Gasteiger partial charge >= 0.3 is 0 Å². The second-order valence-corrected chi connectivity index (χ2v) is 5.41. The molecule has 0 unspecified atom stereocenters. The molecule has 0 bridgehead atoms. The number of thiophene rings is 1. The summed E-state index contributed by atoms with van der Waals surface area (Å²) in [5.41, 5.74) is 0. The van der Waals surface area contributed by atoms with Gasteiger partial charge in [-0.3, -0.25) is 9.69 Å². The molecule has 2 rings (SSSR count). The van der Waals surface area contributed by atoms with E-state index in [0.717, 1.165) is 4.88 Å². The molecule has 1 aromatic heterocycles. The maximum absolute atomic E-state index is 11.6. The van der Waals surface area contributed by atoms with Crippen LogP contribution in [0.4, 0.5) is 0 Å². The Labute approximate surface area is 95.6 Å². The van der Waals surface area contributed by atoms with Crippen LogP contribution in [-0.2, 0) is 4.79 Å². The van der Waals surface area contributed by atoms with E-state index in [1.807, 2.05) is 23.6 Å². The van der Waals surface area contributed by atoms with Crippen molar-refractivity contribution >= 4 is 51.6 Å². The Balaban J connectivity index is 2.29. The van der Waals surface area contributed by atoms with E-state index in [4.69, 9.17) is 12.2 Å². The van der Waals surface area contributed by atoms with Crippen molar-refractivity contribution in [3.8, 4) is 0 Å². The molecule has 1 saturated heterocycles. The summed E-state index contributed by atoms with van der Waals surface area (Å²) < 4.78 is 0.623. The van der Waals surface area contributed by atoms with Crippen molar-refractivity contribution in [1.29, 1.82) is 0 Å². The molecule has 0 aliphatic carbocycles. The molecule has 1 aliphatic rings. The van der Waals surface area contributed by atoms with Crippen molar-refractivity contribution in [2.24, 2.45) is 0 Å². The van der Waals surface area contributed by atoms with Gasteiger partial charge in [-0.15, -0.1) is 11.3 Å². The molecule has 0 radical (unpaired) electrons. The summed E-state index contributed by atoms with van der Waals surface area (Å²) in [6, 6.07) is 3.94. The second-order valence-electron chi connectivity index (χ2n) is 2.76. The average molecular weight is 241 g/mol. The highest BCUT2D eigenvalue weighted by atomic mass is 32.2. The van der Waals surface area contributed by atoms with Gasteiger partial charge in [-0.2, -0.15) is 0 Å². The summed E-state index contributed by atoms with van der Waals surface area (Å²) in [5.74, 6) is -0.00611. The van der Waals surface area contributed by atoms with Gasteiger partial charge in [-0.05, 0) is 17.5 Å². The maximum Gasteiger partial charge on any atom is 0.265 e. The van der Waals surface area contributed by atoms with Crippen molar-refractivity contribution in [3.63, 3.8) is 0 Å². The SMILES string of the molecule is CN1C(=O)/C(=C\c2cccs2)SC1=S. The van der Waals surface area contributed by atoms with Gasteiger partial charge in [0.2, 0.25) is 0 Å². The van der Waals surface area contributed by atoms with Crippen LogP contribution in [0.1, 0.15) is 4.88 Å². The lowest BCUT2D eigenvalue weighted by Gasteiger charge is -2.03. The summed E-state index contributed by atoms with van der Waals surface area (Å²) in [6.07, 6.45) is 1.88. The molecule has 2 heterocycles. The van der Waals surface area contributed by atoms with Crippen molar-refractivity contribution in [3.05, 3.63) is 27.3 Å². The van der Waals surface area contributed by atoms with Gasteiger partial charge < -0.3 is 0 Å². The summed E-state index contributed by atoms with van der Waals surface area (Å²) >= 11 is 7.99. The first-order chi connectivity index (χ1) is 6.68. The Morgan fingerprint density at radius 1 is 1.57 bits per heavy atom. The largest absolute Gasteiger partial charge is 0.296 e. The van der Waals surface area contributed by atoms with Crippen LogP contribution < -0.4 is 0 Å². The van der Waals surface area contributed by atoms with Crippen molar-refractivity contribution in [2.45, 2.75) is 0 Å². The van der Waals surface area contributed by atoms with Crippen molar-refractivity contribution < 1.29 is 4.79 Å². The maximum atomic E-state index is 11.6. The molecule has 0 spiro atoms. The monoisotopic (exact) mass is 241 g/mol. The fourth-order valence-corrected chi connectivity index (χ4v) is 2.95. The van der Waals surface area contributed by atoms with Gasteiger partial charge in [-0.1, -0.05) is 30.0 Å². The Kier molecular flexibility index (Phi) is 2.71. The van der Waals surface area contributed by atoms with Gasteiger partial charge in [0.25, 0.3) is 5.91 Å². The molecule has 1 aromatic rings. The predicted octanol–water partition coefficient (Wildman–Crippen LogP) is 2.58. The first-order valence-corrected chi connectivity index (χ1v) is 6.04. The lowest BCUT2D eigenvalue weighted by molar-refractivity contribution is -0.121. The molecule has 5 heteroatoms. The van der Waals surface area contributed by atoms with Crippen LogP contribution in [0.15, 0.2) is 22.4 Å². The predicted molar refractivity (Wildman–Crippen MR) is 65.3 cm³/mol. The van der Waals surface area contributed by atoms with Gasteiger partial charge in [0.05, 0.1) is 4.91 Å². The van der Waals surface area contributed by atoms with E-state index < -0.39 is 0 Å². The van der Waals surface area contributed by atoms with Crippen LogP contribution in [0.2, 0.25) is 0 Å². The number of hydrogen-bond acceptors (Lipinski definition) is 4. The highest BCUT2D eigenvalue weighted by Gasteiger charge is 2.28. The molecule has 72 valence electrons. The minimum atomic E-state index is -0.00611. The quantitative estimate of drug-likeness (QED) is 0.557. The number of thioether (sulfide) groups is 1. The van der Waals surface area contributed by atoms with E-state index in [1.165, 1.54) is 16.7 Å². The van der Waals surface area contributed by atoms with Gasteiger partial charge in [0, 0.05) is 11.9 Å². The fourth-order valence-electron chi connectivity index (χ4n) is 1.05. The normalized spacial score (nSPS) is 19.8. The third-order valence-electron chi connectivity index (χ3n) is 1.80. The standard InChI is InChI=1S/C9H7NOS3/c1-10-8(11)7(14-9(10)12)5-6-3-2-4-13-6/h2-5H,1H3/b7-5+. The van der Waals surface area contributed by atoms with E-state index in [0.29, 0.717) is 9.23 Å². The highest BCUT2D eigenvalue weighted by Crippen LogP contribution is 2.31. The zero-order valence-electron chi connectivity index (χ0n) is 7.39. The summed E-state index contributed by atoms with van der Waals surface area (Å²) in [5, 5.41) is 1.98. The van der Waals surface area contributed by atoms with Crippen LogP contribution in [-0.4, -0.2) is 22.2 Å². The van der Waals surface area contributed by atoms with Crippen LogP contribution in [0.25, 0.3) is 6.08 Å². The third-order valence-corrected chi connectivity index (χ3v) is 4.11. The minimum absolute atomic E-state index is 0.00611. The average Bonchev–Trinajstić information content (AvgIpc) is 2.73. The molecule has 0 aromatic carbocycles. The zero-order chi connectivity index (χ0) is 10.1. The van der Waals surface area contributed by atoms with Crippen LogP contribution in [0, 0.1) is 0 Å². The van der Waals surface area contributed by atoms with E-state index in [-0.39, 0.29) is 5.91 Å². The second kappa shape index (κ2) is 3.84. The number of amides is 1. The molecule has 1 aliphatic heterocycles. The molecular formula is C9H7NOS3. The Hall–Kier alpha value is -0.650. The van der Waals surface area contributed by atoms with Crippen LogP contribution in [0.3, 0.4) is 0 Å². The Bertz CT molecular complexity index is 408. The minimum Gasteiger partial charge on any atom is -0.296 e. The lowest BCUT2D eigenvalue weighted by atomic mass is 10.4. The number of rotatable bonds is 1. The molecule has 0 N–H and O–H groups in total. The molecule has 2 nitrogen and oxygen atoms in total. The molecule has 0 atom stereocenters. The number of likely N-dealkylation sites (N-methyl/N-ethyl adjacent to an activating group) is 1. The van der Waals surface area contributed by atoms with Gasteiger partial charge in [-0.25, -0.2) is 0 Å². The third kappa shape index (κ3) is 1.75. The van der Waals surface area contributed by atoms with Crippen LogP contribution >= 0.6 is 35.3 Å². The number of carbonyl (C=O) groups excluding carboxylic acids is 1. The molecule has 14 heavy (non-hydrogen) atoms. The van der Waals surface area contributed by atoms with Gasteiger partial charge in [0.1, 0.15) is 4.32 Å². The summed E-state index contributed by atoms with van der Waals surface area (Å²) in [7, 11) is 1.70. The van der Waals surface area contributed by atoms with E-state index in [2.05, 4.69) is 0 Å². The first-order valence-electron chi connectivity index (χ1n) is 3.93. The van der Waals surface area contributed by atoms with E-state index in [9.17, 15) is 4.79 Å². The number of hydrogen-bond donors (Lipinski definition) is 0.